The third-order valence-corrected chi connectivity index (χ3v) is 6.08. The van der Waals surface area contributed by atoms with Crippen molar-refractivity contribution in [3.05, 3.63) is 100 Å². The molecule has 31 heavy (non-hydrogen) atoms. The first kappa shape index (κ1) is 20.6. The molecule has 0 amide bonds. The summed E-state index contributed by atoms with van der Waals surface area (Å²) in [6.45, 7) is 1.48. The lowest BCUT2D eigenvalue weighted by Crippen LogP contribution is -2.06. The predicted octanol–water partition coefficient (Wildman–Crippen LogP) is 6.28. The minimum Gasteiger partial charge on any atom is -0.478 e. The second kappa shape index (κ2) is 8.60. The molecule has 0 saturated carbocycles. The van der Waals surface area contributed by atoms with Gasteiger partial charge < -0.3 is 10.2 Å². The standard InChI is InChI=1S/C18H16.C9H8O4/c1-3-7-15-13(5-1)9-11-18-16-8-4-2-6-14(16)10-12-17(15)18;1-5-6(8(10)11)3-2-4-7(5)9(12)13/h1,3-5,7-9,11H,2,6,10,12H2;2-4H,1H3,(H,10,11)(H,12,13). The van der Waals surface area contributed by atoms with Crippen LogP contribution in [0.15, 0.2) is 72.3 Å². The van der Waals surface area contributed by atoms with E-state index in [4.69, 9.17) is 10.2 Å². The fourth-order valence-electron chi connectivity index (χ4n) is 4.48. The number of carboxylic acid groups (broad SMARTS) is 2. The lowest BCUT2D eigenvalue weighted by molar-refractivity contribution is 0.0696. The predicted molar refractivity (Wildman–Crippen MR) is 123 cm³/mol. The molecule has 3 aromatic rings. The first-order valence-corrected chi connectivity index (χ1v) is 10.4. The fraction of sp³-hybridized carbons (Fsp3) is 0.185. The van der Waals surface area contributed by atoms with Crippen LogP contribution in [0.3, 0.4) is 0 Å². The Bertz CT molecular complexity index is 1220. The number of aryl methyl sites for hydroxylation is 1. The number of benzene rings is 3. The van der Waals surface area contributed by atoms with Crippen LogP contribution in [0.25, 0.3) is 16.3 Å². The minimum absolute atomic E-state index is 0.0277. The van der Waals surface area contributed by atoms with Crippen molar-refractivity contribution in [2.75, 3.05) is 0 Å². The van der Waals surface area contributed by atoms with Gasteiger partial charge in [0.1, 0.15) is 0 Å². The van der Waals surface area contributed by atoms with E-state index in [1.165, 1.54) is 72.7 Å². The molecule has 0 unspecified atom stereocenters. The van der Waals surface area contributed by atoms with Crippen molar-refractivity contribution >= 4 is 28.3 Å². The molecule has 3 aromatic carbocycles. The Balaban J connectivity index is 0.000000159. The monoisotopic (exact) mass is 412 g/mol. The highest BCUT2D eigenvalue weighted by Gasteiger charge is 2.20. The summed E-state index contributed by atoms with van der Waals surface area (Å²) in [5, 5.41) is 20.2. The highest BCUT2D eigenvalue weighted by Crippen LogP contribution is 2.39. The second-order valence-electron chi connectivity index (χ2n) is 7.86. The average molecular weight is 412 g/mol. The van der Waals surface area contributed by atoms with Crippen LogP contribution in [-0.2, 0) is 6.42 Å². The fourth-order valence-corrected chi connectivity index (χ4v) is 4.48. The van der Waals surface area contributed by atoms with Gasteiger partial charge in [-0.05, 0) is 77.8 Å². The van der Waals surface area contributed by atoms with E-state index in [2.05, 4.69) is 48.6 Å². The van der Waals surface area contributed by atoms with Gasteiger partial charge in [-0.2, -0.15) is 0 Å². The highest BCUT2D eigenvalue weighted by molar-refractivity contribution is 5.96. The largest absolute Gasteiger partial charge is 0.478 e. The number of rotatable bonds is 2. The number of hydrogen-bond acceptors (Lipinski definition) is 2. The molecule has 0 atom stereocenters. The maximum atomic E-state index is 10.6. The normalized spacial score (nSPS) is 14.4. The summed E-state index contributed by atoms with van der Waals surface area (Å²) < 4.78 is 0. The Hall–Kier alpha value is -3.66. The lowest BCUT2D eigenvalue weighted by Gasteiger charge is -2.25. The molecule has 0 aliphatic heterocycles. The number of hydrogen-bond donors (Lipinski definition) is 2. The summed E-state index contributed by atoms with van der Waals surface area (Å²) in [5.41, 5.74) is 6.54. The molecule has 0 heterocycles. The third-order valence-electron chi connectivity index (χ3n) is 6.08. The zero-order chi connectivity index (χ0) is 22.0. The van der Waals surface area contributed by atoms with Crippen LogP contribution in [0.4, 0.5) is 0 Å². The number of allylic oxidation sites excluding steroid dienone is 4. The Labute approximate surface area is 181 Å². The van der Waals surface area contributed by atoms with E-state index < -0.39 is 11.9 Å². The van der Waals surface area contributed by atoms with Gasteiger partial charge in [-0.1, -0.05) is 60.2 Å². The van der Waals surface area contributed by atoms with Crippen molar-refractivity contribution in [2.45, 2.75) is 32.6 Å². The summed E-state index contributed by atoms with van der Waals surface area (Å²) in [6, 6.07) is 17.5. The quantitative estimate of drug-likeness (QED) is 0.519. The molecule has 0 radical (unpaired) electrons. The number of fused-ring (bicyclic) bond motifs is 4. The zero-order valence-electron chi connectivity index (χ0n) is 17.4. The smallest absolute Gasteiger partial charge is 0.335 e. The van der Waals surface area contributed by atoms with Crippen LogP contribution in [0.1, 0.15) is 56.7 Å². The Morgan fingerprint density at radius 2 is 1.52 bits per heavy atom. The SMILES string of the molecule is C1=CC2=C(CC1)CCc1c2ccc2ccccc12.Cc1c(C(=O)O)cccc1C(=O)O. The molecule has 0 saturated heterocycles. The van der Waals surface area contributed by atoms with E-state index in [0.29, 0.717) is 0 Å². The summed E-state index contributed by atoms with van der Waals surface area (Å²) in [5.74, 6) is -2.22. The van der Waals surface area contributed by atoms with E-state index in [1.54, 1.807) is 11.1 Å². The molecule has 2 aliphatic rings. The molecule has 4 heteroatoms. The van der Waals surface area contributed by atoms with Gasteiger partial charge >= 0.3 is 11.9 Å². The molecule has 156 valence electrons. The molecule has 0 bridgehead atoms. The van der Waals surface area contributed by atoms with Crippen LogP contribution in [-0.4, -0.2) is 22.2 Å². The molecule has 2 aliphatic carbocycles. The van der Waals surface area contributed by atoms with E-state index in [0.717, 1.165) is 0 Å². The van der Waals surface area contributed by atoms with Gasteiger partial charge in [0.2, 0.25) is 0 Å². The van der Waals surface area contributed by atoms with Crippen molar-refractivity contribution in [3.63, 3.8) is 0 Å². The number of carboxylic acids is 2. The van der Waals surface area contributed by atoms with E-state index in [-0.39, 0.29) is 16.7 Å². The topological polar surface area (TPSA) is 74.6 Å². The summed E-state index contributed by atoms with van der Waals surface area (Å²) in [6.07, 6.45) is 9.61. The molecular formula is C27H24O4. The molecular weight excluding hydrogens is 388 g/mol. The van der Waals surface area contributed by atoms with Crippen molar-refractivity contribution in [1.29, 1.82) is 0 Å². The zero-order valence-corrected chi connectivity index (χ0v) is 17.4. The summed E-state index contributed by atoms with van der Waals surface area (Å²) >= 11 is 0. The molecule has 0 fully saturated rings. The van der Waals surface area contributed by atoms with Crippen LogP contribution < -0.4 is 0 Å². The van der Waals surface area contributed by atoms with E-state index in [1.807, 2.05) is 0 Å². The number of aromatic carboxylic acids is 2. The average Bonchev–Trinajstić information content (AvgIpc) is 2.79. The van der Waals surface area contributed by atoms with Gasteiger partial charge in [0.25, 0.3) is 0 Å². The lowest BCUT2D eigenvalue weighted by atomic mass is 9.80. The molecule has 0 aromatic heterocycles. The Kier molecular flexibility index (Phi) is 5.72. The van der Waals surface area contributed by atoms with Crippen LogP contribution in [0, 0.1) is 6.92 Å². The van der Waals surface area contributed by atoms with Crippen molar-refractivity contribution in [3.8, 4) is 0 Å². The molecule has 0 spiro atoms. The second-order valence-corrected chi connectivity index (χ2v) is 7.86. The molecule has 5 rings (SSSR count). The third kappa shape index (κ3) is 4.02. The van der Waals surface area contributed by atoms with Crippen molar-refractivity contribution < 1.29 is 19.8 Å². The van der Waals surface area contributed by atoms with Crippen LogP contribution in [0.5, 0.6) is 0 Å². The first-order chi connectivity index (χ1) is 15.0. The summed E-state index contributed by atoms with van der Waals surface area (Å²) in [7, 11) is 0. The minimum atomic E-state index is -1.11. The van der Waals surface area contributed by atoms with Crippen LogP contribution in [0.2, 0.25) is 0 Å². The van der Waals surface area contributed by atoms with Gasteiger partial charge in [-0.15, -0.1) is 0 Å². The first-order valence-electron chi connectivity index (χ1n) is 10.4. The van der Waals surface area contributed by atoms with Gasteiger partial charge in [0, 0.05) is 0 Å². The van der Waals surface area contributed by atoms with Gasteiger partial charge in [0.15, 0.2) is 0 Å². The van der Waals surface area contributed by atoms with E-state index in [9.17, 15) is 9.59 Å². The maximum Gasteiger partial charge on any atom is 0.335 e. The molecule has 4 nitrogen and oxygen atoms in total. The number of carbonyl (C=O) groups is 2. The highest BCUT2D eigenvalue weighted by atomic mass is 16.4. The van der Waals surface area contributed by atoms with Gasteiger partial charge in [0.05, 0.1) is 11.1 Å². The molecule has 2 N–H and O–H groups in total. The summed E-state index contributed by atoms with van der Waals surface area (Å²) in [4.78, 5) is 21.2. The van der Waals surface area contributed by atoms with Crippen molar-refractivity contribution in [2.24, 2.45) is 0 Å². The Morgan fingerprint density at radius 1 is 0.806 bits per heavy atom. The van der Waals surface area contributed by atoms with Crippen molar-refractivity contribution in [1.82, 2.24) is 0 Å². The van der Waals surface area contributed by atoms with E-state index >= 15 is 0 Å². The maximum absolute atomic E-state index is 10.6. The van der Waals surface area contributed by atoms with Gasteiger partial charge in [-0.3, -0.25) is 0 Å². The van der Waals surface area contributed by atoms with Crippen LogP contribution >= 0.6 is 0 Å². The van der Waals surface area contributed by atoms with Gasteiger partial charge in [-0.25, -0.2) is 9.59 Å². The Morgan fingerprint density at radius 3 is 2.23 bits per heavy atom.